The molecule has 0 saturated heterocycles. The second kappa shape index (κ2) is 5.42. The average molecular weight is 310 g/mol. The van der Waals surface area contributed by atoms with Gasteiger partial charge in [-0.05, 0) is 20.0 Å². The molecule has 0 atom stereocenters. The van der Waals surface area contributed by atoms with Gasteiger partial charge in [0, 0.05) is 11.6 Å². The van der Waals surface area contributed by atoms with E-state index in [-0.39, 0.29) is 17.8 Å². The molecule has 0 amide bonds. The van der Waals surface area contributed by atoms with Crippen LogP contribution in [0.3, 0.4) is 0 Å². The number of ketones is 1. The Bertz CT molecular complexity index is 637. The third kappa shape index (κ3) is 3.02. The van der Waals surface area contributed by atoms with E-state index in [9.17, 15) is 4.79 Å². The predicted molar refractivity (Wildman–Crippen MR) is 85.7 cm³/mol. The topological polar surface area (TPSA) is 43.6 Å². The molecule has 2 aromatic heterocycles. The lowest BCUT2D eigenvalue weighted by Crippen LogP contribution is -2.15. The molecular weight excluding hydrogens is 288 g/mol. The maximum Gasteiger partial charge on any atom is 0.198 e. The minimum Gasteiger partial charge on any atom is -0.413 e. The second-order valence-corrected chi connectivity index (χ2v) is 9.77. The first-order chi connectivity index (χ1) is 9.20. The highest BCUT2D eigenvalue weighted by Gasteiger charge is 2.24. The van der Waals surface area contributed by atoms with Gasteiger partial charge in [-0.2, -0.15) is 0 Å². The van der Waals surface area contributed by atoms with Crippen molar-refractivity contribution >= 4 is 31.0 Å². The quantitative estimate of drug-likeness (QED) is 0.643. The van der Waals surface area contributed by atoms with Crippen molar-refractivity contribution in [2.24, 2.45) is 0 Å². The number of imidazole rings is 1. The number of rotatable bonds is 4. The van der Waals surface area contributed by atoms with Crippen LogP contribution in [0, 0.1) is 6.92 Å². The van der Waals surface area contributed by atoms with Crippen LogP contribution in [-0.2, 0) is 9.84 Å². The summed E-state index contributed by atoms with van der Waals surface area (Å²) in [6.45, 7) is 12.7. The fourth-order valence-electron chi connectivity index (χ4n) is 1.95. The number of nitrogens with zero attached hydrogens (tertiary/aromatic N) is 2. The zero-order valence-electron chi connectivity index (χ0n) is 13.0. The number of fused-ring (bicyclic) bond motifs is 1. The van der Waals surface area contributed by atoms with E-state index in [1.807, 2.05) is 17.5 Å². The van der Waals surface area contributed by atoms with Gasteiger partial charge in [-0.15, -0.1) is 11.3 Å². The van der Waals surface area contributed by atoms with Crippen LogP contribution in [0.25, 0.3) is 4.83 Å². The fourth-order valence-corrected chi connectivity index (χ4v) is 3.71. The van der Waals surface area contributed by atoms with Gasteiger partial charge in [-0.25, -0.2) is 4.98 Å². The molecule has 0 spiro atoms. The summed E-state index contributed by atoms with van der Waals surface area (Å²) in [5.74, 6) is 0.999. The molecule has 110 valence electrons. The number of carbonyl (C=O) groups is 1. The third-order valence-electron chi connectivity index (χ3n) is 3.03. The third-order valence-corrected chi connectivity index (χ3v) is 5.00. The van der Waals surface area contributed by atoms with Gasteiger partial charge in [-0.1, -0.05) is 20.8 Å². The van der Waals surface area contributed by atoms with E-state index >= 15 is 0 Å². The van der Waals surface area contributed by atoms with Crippen molar-refractivity contribution < 1.29 is 9.22 Å². The van der Waals surface area contributed by atoms with E-state index in [1.54, 1.807) is 0 Å². The van der Waals surface area contributed by atoms with E-state index in [0.29, 0.717) is 0 Å². The zero-order valence-corrected chi connectivity index (χ0v) is 15.0. The Balaban J connectivity index is 2.37. The lowest BCUT2D eigenvalue weighted by Gasteiger charge is -2.14. The van der Waals surface area contributed by atoms with E-state index in [0.717, 1.165) is 21.2 Å². The lowest BCUT2D eigenvalue weighted by molar-refractivity contribution is 0.0925. The van der Waals surface area contributed by atoms with Crippen molar-refractivity contribution in [2.75, 3.05) is 6.61 Å². The highest BCUT2D eigenvalue weighted by molar-refractivity contribution is 7.19. The van der Waals surface area contributed by atoms with Crippen molar-refractivity contribution in [1.29, 1.82) is 0 Å². The summed E-state index contributed by atoms with van der Waals surface area (Å²) in [6.07, 6.45) is 1.89. The summed E-state index contributed by atoms with van der Waals surface area (Å²) in [7, 11) is -1.15. The van der Waals surface area contributed by atoms with Crippen LogP contribution >= 0.6 is 11.3 Å². The lowest BCUT2D eigenvalue weighted by atomic mass is 9.93. The normalized spacial score (nSPS) is 12.6. The van der Waals surface area contributed by atoms with E-state index in [1.165, 1.54) is 11.3 Å². The molecule has 4 nitrogen and oxygen atoms in total. The van der Waals surface area contributed by atoms with Crippen molar-refractivity contribution in [2.45, 2.75) is 46.2 Å². The number of aromatic nitrogens is 2. The fraction of sp³-hybridized carbons (Fsp3) is 0.571. The molecule has 2 aromatic rings. The molecule has 20 heavy (non-hydrogen) atoms. The summed E-state index contributed by atoms with van der Waals surface area (Å²) in [5.41, 5.74) is 1.03. The Kier molecular flexibility index (Phi) is 4.18. The van der Waals surface area contributed by atoms with Crippen molar-refractivity contribution in [3.8, 4) is 0 Å². The molecule has 0 unspecified atom stereocenters. The van der Waals surface area contributed by atoms with Gasteiger partial charge < -0.3 is 4.43 Å². The van der Waals surface area contributed by atoms with Gasteiger partial charge in [-0.3, -0.25) is 9.20 Å². The number of hydrogen-bond donors (Lipinski definition) is 0. The standard InChI is InChI=1S/C14H22N2O2SSi/c1-9-15-12(14(2,3)4)13-16(9)7-11(19-13)10(17)8-18-20(5)6/h7,20H,8H2,1-6H3. The first kappa shape index (κ1) is 15.4. The van der Waals surface area contributed by atoms with Crippen LogP contribution in [0.5, 0.6) is 0 Å². The number of Topliss-reactive ketones (excluding diaryl/α,β-unsaturated/α-hetero) is 1. The maximum atomic E-state index is 12.2. The smallest absolute Gasteiger partial charge is 0.198 e. The molecule has 0 aliphatic rings. The number of aryl methyl sites for hydroxylation is 1. The van der Waals surface area contributed by atoms with Crippen LogP contribution in [-0.4, -0.2) is 30.8 Å². The number of hydrogen-bond acceptors (Lipinski definition) is 4. The van der Waals surface area contributed by atoms with Crippen molar-refractivity contribution in [1.82, 2.24) is 9.38 Å². The maximum absolute atomic E-state index is 12.2. The van der Waals surface area contributed by atoms with Crippen molar-refractivity contribution in [3.63, 3.8) is 0 Å². The van der Waals surface area contributed by atoms with Gasteiger partial charge in [0.2, 0.25) is 0 Å². The monoisotopic (exact) mass is 310 g/mol. The molecule has 0 radical (unpaired) electrons. The molecular formula is C14H22N2O2SSi. The van der Waals surface area contributed by atoms with Crippen LogP contribution in [0.15, 0.2) is 6.20 Å². The molecule has 2 rings (SSSR count). The minimum atomic E-state index is -1.15. The molecule has 0 aliphatic carbocycles. The first-order valence-corrected chi connectivity index (χ1v) is 10.4. The van der Waals surface area contributed by atoms with Crippen LogP contribution in [0.1, 0.15) is 42.0 Å². The van der Waals surface area contributed by atoms with Gasteiger partial charge in [0.1, 0.15) is 10.7 Å². The minimum absolute atomic E-state index is 0.0218. The Morgan fingerprint density at radius 2 is 2.10 bits per heavy atom. The summed E-state index contributed by atoms with van der Waals surface area (Å²) in [6, 6.07) is 0. The molecule has 0 aliphatic heterocycles. The first-order valence-electron chi connectivity index (χ1n) is 6.84. The summed E-state index contributed by atoms with van der Waals surface area (Å²) < 4.78 is 7.55. The Hall–Kier alpha value is -0.983. The van der Waals surface area contributed by atoms with Crippen LogP contribution in [0.2, 0.25) is 13.1 Å². The van der Waals surface area contributed by atoms with Crippen molar-refractivity contribution in [3.05, 3.63) is 22.6 Å². The average Bonchev–Trinajstić information content (AvgIpc) is 2.86. The van der Waals surface area contributed by atoms with E-state index in [4.69, 9.17) is 4.43 Å². The predicted octanol–water partition coefficient (Wildman–Crippen LogP) is 3.18. The van der Waals surface area contributed by atoms with Gasteiger partial charge in [0.25, 0.3) is 0 Å². The molecule has 2 heterocycles. The molecule has 0 N–H and O–H groups in total. The van der Waals surface area contributed by atoms with Gasteiger partial charge >= 0.3 is 0 Å². The van der Waals surface area contributed by atoms with E-state index in [2.05, 4.69) is 38.8 Å². The second-order valence-electron chi connectivity index (χ2n) is 6.31. The molecule has 6 heteroatoms. The molecule has 0 bridgehead atoms. The van der Waals surface area contributed by atoms with Gasteiger partial charge in [0.05, 0.1) is 17.2 Å². The summed E-state index contributed by atoms with van der Waals surface area (Å²) in [5, 5.41) is 0. The highest BCUT2D eigenvalue weighted by Crippen LogP contribution is 2.31. The Labute approximate surface area is 125 Å². The van der Waals surface area contributed by atoms with E-state index < -0.39 is 9.04 Å². The summed E-state index contributed by atoms with van der Waals surface area (Å²) in [4.78, 5) is 18.6. The van der Waals surface area contributed by atoms with Gasteiger partial charge in [0.15, 0.2) is 14.8 Å². The zero-order chi connectivity index (χ0) is 15.1. The van der Waals surface area contributed by atoms with Crippen LogP contribution in [0.4, 0.5) is 0 Å². The molecule has 0 aromatic carbocycles. The largest absolute Gasteiger partial charge is 0.413 e. The summed E-state index contributed by atoms with van der Waals surface area (Å²) >= 11 is 1.52. The van der Waals surface area contributed by atoms with Crippen LogP contribution < -0.4 is 0 Å². The Morgan fingerprint density at radius 1 is 1.45 bits per heavy atom. The highest BCUT2D eigenvalue weighted by atomic mass is 32.1. The number of carbonyl (C=O) groups excluding carboxylic acids is 1. The SMILES string of the molecule is Cc1nc(C(C)(C)C)c2sc(C(=O)CO[SiH](C)C)cn12. The number of thiazole rings is 1. The molecule has 0 fully saturated rings. The molecule has 0 saturated carbocycles. The Morgan fingerprint density at radius 3 is 2.65 bits per heavy atom.